The minimum Gasteiger partial charge on any atom is -0.477 e. The number of anilines is 1. The van der Waals surface area contributed by atoms with Gasteiger partial charge in [0.05, 0.1) is 10.6 Å². The van der Waals surface area contributed by atoms with Gasteiger partial charge in [-0.2, -0.15) is 0 Å². The van der Waals surface area contributed by atoms with Crippen LogP contribution in [0.3, 0.4) is 0 Å². The quantitative estimate of drug-likeness (QED) is 0.665. The van der Waals surface area contributed by atoms with E-state index in [-0.39, 0.29) is 10.7 Å². The summed E-state index contributed by atoms with van der Waals surface area (Å²) in [6, 6.07) is 6.16. The van der Waals surface area contributed by atoms with Crippen LogP contribution in [0, 0.1) is 21.7 Å². The molecule has 9 heteroatoms. The number of hydrogen-bond donors (Lipinski definition) is 1. The monoisotopic (exact) mass is 342 g/mol. The molecule has 0 aliphatic rings. The molecule has 0 unspecified atom stereocenters. The molecule has 0 saturated carbocycles. The Morgan fingerprint density at radius 1 is 1.26 bits per heavy atom. The fourth-order valence-electron chi connectivity index (χ4n) is 1.68. The molecule has 0 spiro atoms. The summed E-state index contributed by atoms with van der Waals surface area (Å²) in [6.45, 7) is -0.670. The Kier molecular flexibility index (Phi) is 5.07. The minimum absolute atomic E-state index is 0.167. The highest BCUT2D eigenvalue weighted by Gasteiger charge is 2.17. The topological polar surface area (TPSA) is 81.5 Å². The number of nitrogens with one attached hydrogen (secondary N) is 1. The highest BCUT2D eigenvalue weighted by Crippen LogP contribution is 2.27. The summed E-state index contributed by atoms with van der Waals surface area (Å²) in [4.78, 5) is 21.7. The zero-order chi connectivity index (χ0) is 17.0. The summed E-state index contributed by atoms with van der Waals surface area (Å²) in [7, 11) is 0. The largest absolute Gasteiger partial charge is 0.477 e. The lowest BCUT2D eigenvalue weighted by atomic mass is 10.3. The van der Waals surface area contributed by atoms with Gasteiger partial charge in [-0.25, -0.2) is 8.78 Å². The number of carbonyl (C=O) groups is 1. The number of nitro groups is 1. The molecule has 0 aliphatic heterocycles. The van der Waals surface area contributed by atoms with E-state index >= 15 is 0 Å². The number of amides is 1. The smallest absolute Gasteiger partial charge is 0.311 e. The molecule has 0 fully saturated rings. The molecular formula is C14H9ClF2N2O4. The Bertz CT molecular complexity index is 770. The van der Waals surface area contributed by atoms with Crippen molar-refractivity contribution in [2.24, 2.45) is 0 Å². The van der Waals surface area contributed by atoms with Gasteiger partial charge in [0.2, 0.25) is 5.75 Å². The molecule has 2 rings (SSSR count). The first-order valence-electron chi connectivity index (χ1n) is 6.18. The first-order chi connectivity index (χ1) is 10.9. The van der Waals surface area contributed by atoms with Crippen molar-refractivity contribution in [3.8, 4) is 5.75 Å². The molecule has 0 bridgehead atoms. The summed E-state index contributed by atoms with van der Waals surface area (Å²) >= 11 is 5.68. The lowest BCUT2D eigenvalue weighted by Gasteiger charge is -2.09. The van der Waals surface area contributed by atoms with Crippen molar-refractivity contribution in [1.82, 2.24) is 0 Å². The van der Waals surface area contributed by atoms with Crippen molar-refractivity contribution in [1.29, 1.82) is 0 Å². The second kappa shape index (κ2) is 7.01. The van der Waals surface area contributed by atoms with Crippen LogP contribution < -0.4 is 10.1 Å². The highest BCUT2D eigenvalue weighted by atomic mass is 35.5. The Hall–Kier alpha value is -2.74. The third-order valence-corrected chi connectivity index (χ3v) is 2.91. The third-order valence-electron chi connectivity index (χ3n) is 2.68. The summed E-state index contributed by atoms with van der Waals surface area (Å²) < 4.78 is 31.5. The van der Waals surface area contributed by atoms with Gasteiger partial charge in [-0.05, 0) is 24.3 Å². The molecule has 23 heavy (non-hydrogen) atoms. The zero-order valence-corrected chi connectivity index (χ0v) is 12.1. The van der Waals surface area contributed by atoms with Crippen LogP contribution in [-0.4, -0.2) is 17.4 Å². The van der Waals surface area contributed by atoms with Crippen LogP contribution >= 0.6 is 11.6 Å². The predicted octanol–water partition coefficient (Wildman–Crippen LogP) is 3.54. The van der Waals surface area contributed by atoms with Gasteiger partial charge in [-0.1, -0.05) is 11.6 Å². The fraction of sp³-hybridized carbons (Fsp3) is 0.0714. The number of nitrogens with zero attached hydrogens (tertiary/aromatic N) is 1. The van der Waals surface area contributed by atoms with Gasteiger partial charge in [0, 0.05) is 17.2 Å². The van der Waals surface area contributed by atoms with Crippen LogP contribution in [-0.2, 0) is 4.79 Å². The Morgan fingerprint density at radius 3 is 2.70 bits per heavy atom. The standard InChI is InChI=1S/C14H9ClF2N2O4/c15-8-1-3-10(17)11(5-8)18-14(20)7-23-13-6-9(16)2-4-12(13)19(21)22/h1-6H,7H2,(H,18,20). The number of halogens is 3. The van der Waals surface area contributed by atoms with Crippen LogP contribution in [0.2, 0.25) is 5.02 Å². The van der Waals surface area contributed by atoms with Gasteiger partial charge in [-0.15, -0.1) is 0 Å². The first-order valence-corrected chi connectivity index (χ1v) is 6.56. The van der Waals surface area contributed by atoms with Crippen LogP contribution in [0.5, 0.6) is 5.75 Å². The maximum absolute atomic E-state index is 13.5. The predicted molar refractivity (Wildman–Crippen MR) is 78.6 cm³/mol. The van der Waals surface area contributed by atoms with Crippen molar-refractivity contribution < 1.29 is 23.2 Å². The van der Waals surface area contributed by atoms with E-state index in [0.717, 1.165) is 24.3 Å². The maximum Gasteiger partial charge on any atom is 0.311 e. The fourth-order valence-corrected chi connectivity index (χ4v) is 1.85. The van der Waals surface area contributed by atoms with Gasteiger partial charge in [0.25, 0.3) is 5.91 Å². The number of rotatable bonds is 5. The number of carbonyl (C=O) groups excluding carboxylic acids is 1. The van der Waals surface area contributed by atoms with Gasteiger partial charge in [0.15, 0.2) is 6.61 Å². The van der Waals surface area contributed by atoms with Crippen molar-refractivity contribution in [3.63, 3.8) is 0 Å². The van der Waals surface area contributed by atoms with Crippen LogP contribution in [0.15, 0.2) is 36.4 Å². The molecule has 0 heterocycles. The Balaban J connectivity index is 2.06. The molecule has 1 amide bonds. The molecule has 120 valence electrons. The molecule has 0 aromatic heterocycles. The minimum atomic E-state index is -0.787. The van der Waals surface area contributed by atoms with E-state index < -0.39 is 40.5 Å². The van der Waals surface area contributed by atoms with Gasteiger partial charge in [0.1, 0.15) is 11.6 Å². The number of benzene rings is 2. The van der Waals surface area contributed by atoms with E-state index in [9.17, 15) is 23.7 Å². The van der Waals surface area contributed by atoms with Crippen molar-refractivity contribution in [2.45, 2.75) is 0 Å². The van der Waals surface area contributed by atoms with Crippen molar-refractivity contribution >= 4 is 28.9 Å². The molecular weight excluding hydrogens is 334 g/mol. The van der Waals surface area contributed by atoms with E-state index in [1.807, 2.05) is 0 Å². The molecule has 2 aromatic carbocycles. The van der Waals surface area contributed by atoms with Crippen molar-refractivity contribution in [3.05, 3.63) is 63.2 Å². The van der Waals surface area contributed by atoms with E-state index in [0.29, 0.717) is 0 Å². The molecule has 0 radical (unpaired) electrons. The highest BCUT2D eigenvalue weighted by molar-refractivity contribution is 6.30. The van der Waals surface area contributed by atoms with E-state index in [1.54, 1.807) is 0 Å². The normalized spacial score (nSPS) is 10.2. The van der Waals surface area contributed by atoms with Gasteiger partial charge < -0.3 is 10.1 Å². The first kappa shape index (κ1) is 16.6. The Morgan fingerprint density at radius 2 is 2.00 bits per heavy atom. The maximum atomic E-state index is 13.5. The number of ether oxygens (including phenoxy) is 1. The molecule has 2 aromatic rings. The van der Waals surface area contributed by atoms with E-state index in [1.165, 1.54) is 12.1 Å². The molecule has 6 nitrogen and oxygen atoms in total. The molecule has 1 N–H and O–H groups in total. The SMILES string of the molecule is O=C(COc1cc(F)ccc1[N+](=O)[O-])Nc1cc(Cl)ccc1F. The average Bonchev–Trinajstić information content (AvgIpc) is 2.48. The van der Waals surface area contributed by atoms with Gasteiger partial charge >= 0.3 is 5.69 Å². The lowest BCUT2D eigenvalue weighted by Crippen LogP contribution is -2.21. The number of hydrogen-bond acceptors (Lipinski definition) is 4. The summed E-state index contributed by atoms with van der Waals surface area (Å²) in [5, 5.41) is 13.2. The zero-order valence-electron chi connectivity index (χ0n) is 11.4. The second-order valence-corrected chi connectivity index (χ2v) is 4.77. The summed E-state index contributed by atoms with van der Waals surface area (Å²) in [6.07, 6.45) is 0. The molecule has 0 aliphatic carbocycles. The number of nitro benzene ring substituents is 1. The van der Waals surface area contributed by atoms with Crippen LogP contribution in [0.4, 0.5) is 20.2 Å². The van der Waals surface area contributed by atoms with Crippen LogP contribution in [0.1, 0.15) is 0 Å². The van der Waals surface area contributed by atoms with E-state index in [2.05, 4.69) is 5.32 Å². The lowest BCUT2D eigenvalue weighted by molar-refractivity contribution is -0.385. The van der Waals surface area contributed by atoms with E-state index in [4.69, 9.17) is 16.3 Å². The second-order valence-electron chi connectivity index (χ2n) is 4.33. The Labute approximate surface area is 133 Å². The van der Waals surface area contributed by atoms with Crippen LogP contribution in [0.25, 0.3) is 0 Å². The van der Waals surface area contributed by atoms with Crippen molar-refractivity contribution in [2.75, 3.05) is 11.9 Å². The summed E-state index contributed by atoms with van der Waals surface area (Å²) in [5.41, 5.74) is -0.659. The van der Waals surface area contributed by atoms with Gasteiger partial charge in [-0.3, -0.25) is 14.9 Å². The third kappa shape index (κ3) is 4.36. The molecule has 0 saturated heterocycles. The summed E-state index contributed by atoms with van der Waals surface area (Å²) in [5.74, 6) is -2.66. The molecule has 0 atom stereocenters. The average molecular weight is 343 g/mol.